The highest BCUT2D eigenvalue weighted by atomic mass is 35.5. The van der Waals surface area contributed by atoms with E-state index < -0.39 is 0 Å². The van der Waals surface area contributed by atoms with Gasteiger partial charge in [0.2, 0.25) is 5.95 Å². The molecule has 7 heteroatoms. The Bertz CT molecular complexity index is 944. The number of anilines is 2. The zero-order chi connectivity index (χ0) is 16.6. The summed E-state index contributed by atoms with van der Waals surface area (Å²) < 4.78 is 0. The number of nitriles is 1. The molecule has 3 aromatic rings. The highest BCUT2D eigenvalue weighted by molar-refractivity contribution is 5.90. The van der Waals surface area contributed by atoms with Crippen molar-refractivity contribution in [2.75, 3.05) is 11.5 Å². The Kier molecular flexibility index (Phi) is 4.86. The van der Waals surface area contributed by atoms with Crippen LogP contribution in [0.5, 0.6) is 0 Å². The van der Waals surface area contributed by atoms with E-state index in [0.29, 0.717) is 23.4 Å². The summed E-state index contributed by atoms with van der Waals surface area (Å²) in [4.78, 5) is 12.7. The molecule has 0 aliphatic heterocycles. The molecule has 0 radical (unpaired) electrons. The highest BCUT2D eigenvalue weighted by Crippen LogP contribution is 2.27. The van der Waals surface area contributed by atoms with E-state index in [-0.39, 0.29) is 18.4 Å². The molecule has 0 fully saturated rings. The number of fused-ring (bicyclic) bond motifs is 1. The summed E-state index contributed by atoms with van der Waals surface area (Å²) in [5.41, 5.74) is 16.9. The van der Waals surface area contributed by atoms with Gasteiger partial charge in [-0.1, -0.05) is 12.1 Å². The molecule has 0 unspecified atom stereocenters. The zero-order valence-electron chi connectivity index (χ0n) is 13.4. The van der Waals surface area contributed by atoms with E-state index in [9.17, 15) is 0 Å². The second-order valence-corrected chi connectivity index (χ2v) is 5.45. The van der Waals surface area contributed by atoms with Gasteiger partial charge < -0.3 is 11.5 Å². The maximum absolute atomic E-state index is 8.88. The van der Waals surface area contributed by atoms with Crippen molar-refractivity contribution in [1.82, 2.24) is 15.0 Å². The number of hydrogen-bond donors (Lipinski definition) is 2. The topological polar surface area (TPSA) is 114 Å². The van der Waals surface area contributed by atoms with Crippen LogP contribution < -0.4 is 11.5 Å². The van der Waals surface area contributed by atoms with Gasteiger partial charge in [0.25, 0.3) is 0 Å². The molecule has 24 heavy (non-hydrogen) atoms. The molecule has 0 bridgehead atoms. The third-order valence-electron chi connectivity index (χ3n) is 3.94. The number of hydrogen-bond acceptors (Lipinski definition) is 6. The molecule has 0 saturated carbocycles. The highest BCUT2D eigenvalue weighted by Gasteiger charge is 2.14. The van der Waals surface area contributed by atoms with Crippen molar-refractivity contribution in [3.05, 3.63) is 52.2 Å². The summed E-state index contributed by atoms with van der Waals surface area (Å²) in [7, 11) is 0. The summed E-state index contributed by atoms with van der Waals surface area (Å²) in [6, 6.07) is 9.64. The maximum atomic E-state index is 8.88. The van der Waals surface area contributed by atoms with Gasteiger partial charge in [-0.05, 0) is 49.1 Å². The monoisotopic (exact) mass is 340 g/mol. The van der Waals surface area contributed by atoms with Crippen LogP contribution in [0.3, 0.4) is 0 Å². The summed E-state index contributed by atoms with van der Waals surface area (Å²) in [6.45, 7) is 3.94. The van der Waals surface area contributed by atoms with Crippen molar-refractivity contribution in [2.45, 2.75) is 20.3 Å². The molecule has 0 atom stereocenters. The average Bonchev–Trinajstić information content (AvgIpc) is 2.51. The molecule has 0 aliphatic rings. The van der Waals surface area contributed by atoms with Crippen molar-refractivity contribution in [2.24, 2.45) is 0 Å². The molecule has 3 rings (SSSR count). The minimum atomic E-state index is 0. The molecule has 0 saturated heterocycles. The minimum Gasteiger partial charge on any atom is -0.383 e. The Hall–Kier alpha value is -2.91. The average molecular weight is 341 g/mol. The number of benzene rings is 1. The maximum Gasteiger partial charge on any atom is 0.224 e. The lowest BCUT2D eigenvalue weighted by molar-refractivity contribution is 1.06. The summed E-state index contributed by atoms with van der Waals surface area (Å²) in [6.07, 6.45) is 0.704. The van der Waals surface area contributed by atoms with E-state index in [1.807, 2.05) is 38.1 Å². The van der Waals surface area contributed by atoms with Gasteiger partial charge in [0.1, 0.15) is 5.82 Å². The first-order valence-corrected chi connectivity index (χ1v) is 7.17. The molecular formula is C17H17ClN6. The van der Waals surface area contributed by atoms with Crippen molar-refractivity contribution in [1.29, 1.82) is 5.26 Å². The number of nitrogens with two attached hydrogens (primary N) is 2. The lowest BCUT2D eigenvalue weighted by Gasteiger charge is -2.13. The third-order valence-corrected chi connectivity index (χ3v) is 3.94. The lowest BCUT2D eigenvalue weighted by Crippen LogP contribution is -2.07. The van der Waals surface area contributed by atoms with Crippen LogP contribution in [0, 0.1) is 25.2 Å². The van der Waals surface area contributed by atoms with Gasteiger partial charge in [0.15, 0.2) is 5.65 Å². The summed E-state index contributed by atoms with van der Waals surface area (Å²) in [5, 5.41) is 9.62. The Labute approximate surface area is 146 Å². The quantitative estimate of drug-likeness (QED) is 0.741. The standard InChI is InChI=1S/C17H16N6.ClH/c1-9-13(7-11-3-5-12(8-18)6-4-11)10(2)21-16-14(9)15(19)22-17(20)23-16;/h3-6H,7H2,1-2H3,(H4,19,20,21,22,23);1H. The number of nitrogen functional groups attached to an aromatic ring is 2. The van der Waals surface area contributed by atoms with E-state index in [1.54, 1.807) is 0 Å². The SMILES string of the molecule is Cc1nc2nc(N)nc(N)c2c(C)c1Cc1ccc(C#N)cc1.Cl. The summed E-state index contributed by atoms with van der Waals surface area (Å²) in [5.74, 6) is 0.472. The van der Waals surface area contributed by atoms with Crippen LogP contribution in [0.15, 0.2) is 24.3 Å². The zero-order valence-corrected chi connectivity index (χ0v) is 14.2. The van der Waals surface area contributed by atoms with Crippen molar-refractivity contribution < 1.29 is 0 Å². The second-order valence-electron chi connectivity index (χ2n) is 5.45. The van der Waals surface area contributed by atoms with Crippen LogP contribution in [-0.4, -0.2) is 15.0 Å². The molecule has 0 aliphatic carbocycles. The smallest absolute Gasteiger partial charge is 0.224 e. The number of aromatic nitrogens is 3. The predicted molar refractivity (Wildman–Crippen MR) is 96.8 cm³/mol. The number of rotatable bonds is 2. The van der Waals surface area contributed by atoms with E-state index in [2.05, 4.69) is 21.0 Å². The molecule has 122 valence electrons. The van der Waals surface area contributed by atoms with Crippen LogP contribution in [0.4, 0.5) is 11.8 Å². The molecule has 6 nitrogen and oxygen atoms in total. The number of pyridine rings is 1. The Morgan fingerprint density at radius 2 is 1.71 bits per heavy atom. The van der Waals surface area contributed by atoms with E-state index in [4.69, 9.17) is 16.7 Å². The fourth-order valence-corrected chi connectivity index (χ4v) is 2.73. The van der Waals surface area contributed by atoms with Gasteiger partial charge in [0.05, 0.1) is 17.0 Å². The minimum absolute atomic E-state index is 0. The molecule has 0 amide bonds. The molecule has 1 aromatic carbocycles. The van der Waals surface area contributed by atoms with Crippen LogP contribution in [-0.2, 0) is 6.42 Å². The Morgan fingerprint density at radius 3 is 2.33 bits per heavy atom. The normalized spacial score (nSPS) is 10.2. The van der Waals surface area contributed by atoms with Crippen LogP contribution >= 0.6 is 12.4 Å². The first-order valence-electron chi connectivity index (χ1n) is 7.17. The molecule has 0 spiro atoms. The first kappa shape index (κ1) is 17.4. The van der Waals surface area contributed by atoms with Crippen LogP contribution in [0.25, 0.3) is 11.0 Å². The second kappa shape index (κ2) is 6.69. The number of halogens is 1. The van der Waals surface area contributed by atoms with Gasteiger partial charge in [-0.15, -0.1) is 12.4 Å². The lowest BCUT2D eigenvalue weighted by atomic mass is 9.97. The molecule has 4 N–H and O–H groups in total. The fraction of sp³-hybridized carbons (Fsp3) is 0.176. The first-order chi connectivity index (χ1) is 11.0. The van der Waals surface area contributed by atoms with Crippen molar-refractivity contribution in [3.63, 3.8) is 0 Å². The molecular weight excluding hydrogens is 324 g/mol. The van der Waals surface area contributed by atoms with E-state index >= 15 is 0 Å². The molecule has 2 heterocycles. The van der Waals surface area contributed by atoms with Gasteiger partial charge >= 0.3 is 0 Å². The fourth-order valence-electron chi connectivity index (χ4n) is 2.73. The summed E-state index contributed by atoms with van der Waals surface area (Å²) >= 11 is 0. The van der Waals surface area contributed by atoms with Gasteiger partial charge in [-0.3, -0.25) is 0 Å². The predicted octanol–water partition coefficient (Wildman–Crippen LogP) is 2.69. The van der Waals surface area contributed by atoms with Gasteiger partial charge in [-0.2, -0.15) is 15.2 Å². The third kappa shape index (κ3) is 3.07. The largest absolute Gasteiger partial charge is 0.383 e. The van der Waals surface area contributed by atoms with E-state index in [0.717, 1.165) is 27.8 Å². The van der Waals surface area contributed by atoms with Crippen LogP contribution in [0.2, 0.25) is 0 Å². The Balaban J connectivity index is 0.00000208. The number of aryl methyl sites for hydroxylation is 2. The van der Waals surface area contributed by atoms with Crippen molar-refractivity contribution >= 4 is 35.2 Å². The molecule has 2 aromatic heterocycles. The number of nitrogens with zero attached hydrogens (tertiary/aromatic N) is 4. The van der Waals surface area contributed by atoms with Crippen LogP contribution in [0.1, 0.15) is 27.9 Å². The van der Waals surface area contributed by atoms with E-state index in [1.165, 1.54) is 0 Å². The van der Waals surface area contributed by atoms with Crippen molar-refractivity contribution in [3.8, 4) is 6.07 Å². The van der Waals surface area contributed by atoms with Gasteiger partial charge in [-0.25, -0.2) is 4.98 Å². The Morgan fingerprint density at radius 1 is 1.04 bits per heavy atom. The van der Waals surface area contributed by atoms with Gasteiger partial charge in [0, 0.05) is 5.69 Å².